The molecule has 0 saturated heterocycles. The van der Waals surface area contributed by atoms with Gasteiger partial charge in [-0.2, -0.15) is 0 Å². The first-order valence-corrected chi connectivity index (χ1v) is 15.3. The third-order valence-electron chi connectivity index (χ3n) is 5.37. The van der Waals surface area contributed by atoms with Gasteiger partial charge in [-0.25, -0.2) is 4.79 Å². The van der Waals surface area contributed by atoms with Gasteiger partial charge in [0.25, 0.3) is 7.82 Å². The summed E-state index contributed by atoms with van der Waals surface area (Å²) in [5.74, 6) is -0.433. The normalized spacial score (nSPS) is 13.7. The van der Waals surface area contributed by atoms with E-state index in [1.54, 1.807) is 20.8 Å². The van der Waals surface area contributed by atoms with Gasteiger partial charge in [0.1, 0.15) is 18.3 Å². The molecule has 2 N–H and O–H groups in total. The van der Waals surface area contributed by atoms with E-state index in [2.05, 4.69) is 21.3 Å². The Morgan fingerprint density at radius 1 is 0.868 bits per heavy atom. The Kier molecular flexibility index (Phi) is 25.9. The minimum absolute atomic E-state index is 0. The molecule has 0 aromatic rings. The molecule has 0 aliphatic carbocycles. The van der Waals surface area contributed by atoms with Crippen LogP contribution >= 0.6 is 7.82 Å². The van der Waals surface area contributed by atoms with E-state index in [9.17, 15) is 24.2 Å². The number of ether oxygens (including phenoxy) is 2. The van der Waals surface area contributed by atoms with Gasteiger partial charge in [0.15, 0.2) is 0 Å². The number of aliphatic hydroxyl groups is 1. The SMILES string of the molecule is CCCCCCCCCCCCCCCC(=O)OC[C@@H](O)COP(=O)([O-])OCCNC(=O)OC(C)(C)C.[Na+]. The molecule has 10 nitrogen and oxygen atoms in total. The van der Waals surface area contributed by atoms with Crippen LogP contribution in [0.15, 0.2) is 0 Å². The van der Waals surface area contributed by atoms with E-state index in [0.29, 0.717) is 0 Å². The number of hydrogen-bond acceptors (Lipinski definition) is 9. The van der Waals surface area contributed by atoms with Gasteiger partial charge in [0.05, 0.1) is 13.2 Å². The Morgan fingerprint density at radius 3 is 1.87 bits per heavy atom. The number of amides is 1. The average molecular weight is 576 g/mol. The second-order valence-electron chi connectivity index (χ2n) is 10.3. The first kappa shape index (κ1) is 40.0. The van der Waals surface area contributed by atoms with Crippen LogP contribution in [0.25, 0.3) is 0 Å². The summed E-state index contributed by atoms with van der Waals surface area (Å²) in [6, 6.07) is 0. The number of unbranched alkanes of at least 4 members (excludes halogenated alkanes) is 12. The van der Waals surface area contributed by atoms with E-state index < -0.39 is 38.2 Å². The number of phosphoric acid groups is 1. The molecule has 0 aromatic carbocycles. The van der Waals surface area contributed by atoms with Crippen molar-refractivity contribution in [1.29, 1.82) is 0 Å². The standard InChI is InChI=1S/C26H52NO9P.Na/c1-5-6-7-8-9-10-11-12-13-14-15-16-17-18-24(29)33-21-23(28)22-35-37(31,32)34-20-19-27-25(30)36-26(2,3)4;/h23,28H,5-22H2,1-4H3,(H,27,30)(H,31,32);/q;+1/p-1/t23-;/m1./s1. The predicted molar refractivity (Wildman–Crippen MR) is 141 cm³/mol. The number of carbonyl (C=O) groups excluding carboxylic acids is 2. The molecule has 0 rings (SSSR count). The fourth-order valence-electron chi connectivity index (χ4n) is 3.44. The van der Waals surface area contributed by atoms with Crippen LogP contribution in [0.1, 0.15) is 118 Å². The van der Waals surface area contributed by atoms with Crippen LogP contribution in [-0.4, -0.2) is 55.2 Å². The second-order valence-corrected chi connectivity index (χ2v) is 11.7. The van der Waals surface area contributed by atoms with Gasteiger partial charge in [0.2, 0.25) is 0 Å². The zero-order valence-corrected chi connectivity index (χ0v) is 27.4. The average Bonchev–Trinajstić information content (AvgIpc) is 2.81. The van der Waals surface area contributed by atoms with Gasteiger partial charge < -0.3 is 33.8 Å². The molecule has 0 aromatic heterocycles. The maximum Gasteiger partial charge on any atom is 1.00 e. The van der Waals surface area contributed by atoms with Crippen molar-refractivity contribution < 1.29 is 72.2 Å². The maximum absolute atomic E-state index is 11.8. The van der Waals surface area contributed by atoms with Crippen molar-refractivity contribution >= 4 is 19.9 Å². The van der Waals surface area contributed by atoms with E-state index in [0.717, 1.165) is 19.3 Å². The number of aliphatic hydroxyl groups excluding tert-OH is 1. The van der Waals surface area contributed by atoms with Crippen molar-refractivity contribution in [3.63, 3.8) is 0 Å². The van der Waals surface area contributed by atoms with Crippen LogP contribution in [-0.2, 0) is 27.9 Å². The largest absolute Gasteiger partial charge is 1.00 e. The van der Waals surface area contributed by atoms with Crippen LogP contribution in [0.2, 0.25) is 0 Å². The Morgan fingerprint density at radius 2 is 1.37 bits per heavy atom. The maximum atomic E-state index is 11.8. The number of esters is 1. The molecule has 0 radical (unpaired) electrons. The van der Waals surface area contributed by atoms with Crippen LogP contribution < -0.4 is 39.8 Å². The Balaban J connectivity index is 0. The number of alkyl carbamates (subject to hydrolysis) is 1. The Hall–Kier alpha value is -0.190. The van der Waals surface area contributed by atoms with Gasteiger partial charge >= 0.3 is 41.6 Å². The second kappa shape index (κ2) is 24.6. The summed E-state index contributed by atoms with van der Waals surface area (Å²) < 4.78 is 30.9. The molecule has 0 spiro atoms. The molecular formula is C26H51NNaO9P. The number of rotatable bonds is 23. The van der Waals surface area contributed by atoms with Gasteiger partial charge in [0, 0.05) is 13.0 Å². The van der Waals surface area contributed by atoms with Crippen LogP contribution in [0.5, 0.6) is 0 Å². The number of carbonyl (C=O) groups is 2. The minimum Gasteiger partial charge on any atom is -0.756 e. The molecule has 0 saturated carbocycles. The number of phosphoric ester groups is 1. The van der Waals surface area contributed by atoms with Crippen molar-refractivity contribution in [1.82, 2.24) is 5.32 Å². The third-order valence-corrected chi connectivity index (χ3v) is 6.33. The van der Waals surface area contributed by atoms with Crippen LogP contribution in [0.4, 0.5) is 4.79 Å². The summed E-state index contributed by atoms with van der Waals surface area (Å²) in [7, 11) is -4.68. The van der Waals surface area contributed by atoms with E-state index in [1.165, 1.54) is 64.2 Å². The quantitative estimate of drug-likeness (QED) is 0.0812. The first-order chi connectivity index (χ1) is 17.4. The first-order valence-electron chi connectivity index (χ1n) is 13.9. The Bertz CT molecular complexity index is 647. The van der Waals surface area contributed by atoms with Crippen molar-refractivity contribution in [2.75, 3.05) is 26.4 Å². The fraction of sp³-hybridized carbons (Fsp3) is 0.923. The van der Waals surface area contributed by atoms with Gasteiger partial charge in [-0.3, -0.25) is 9.36 Å². The van der Waals surface area contributed by atoms with Crippen molar-refractivity contribution in [2.24, 2.45) is 0 Å². The molecule has 0 aliphatic heterocycles. The van der Waals surface area contributed by atoms with E-state index in [-0.39, 0.29) is 55.7 Å². The van der Waals surface area contributed by atoms with E-state index in [4.69, 9.17) is 9.47 Å². The predicted octanol–water partition coefficient (Wildman–Crippen LogP) is 2.40. The molecule has 0 aliphatic rings. The molecule has 0 heterocycles. The van der Waals surface area contributed by atoms with Gasteiger partial charge in [-0.1, -0.05) is 84.0 Å². The number of hydrogen-bond donors (Lipinski definition) is 2. The molecular weight excluding hydrogens is 524 g/mol. The van der Waals surface area contributed by atoms with Crippen LogP contribution in [0.3, 0.4) is 0 Å². The summed E-state index contributed by atoms with van der Waals surface area (Å²) in [4.78, 5) is 35.0. The molecule has 38 heavy (non-hydrogen) atoms. The fourth-order valence-corrected chi connectivity index (χ4v) is 4.18. The number of nitrogens with one attached hydrogen (secondary N) is 1. The monoisotopic (exact) mass is 575 g/mol. The summed E-state index contributed by atoms with van der Waals surface area (Å²) in [5, 5.41) is 12.2. The minimum atomic E-state index is -4.68. The molecule has 1 amide bonds. The summed E-state index contributed by atoms with van der Waals surface area (Å²) in [6.07, 6.45) is 14.1. The molecule has 1 unspecified atom stereocenters. The Labute approximate surface area is 252 Å². The molecule has 2 atom stereocenters. The molecule has 220 valence electrons. The van der Waals surface area contributed by atoms with Gasteiger partial charge in [-0.15, -0.1) is 0 Å². The van der Waals surface area contributed by atoms with E-state index >= 15 is 0 Å². The molecule has 0 bridgehead atoms. The summed E-state index contributed by atoms with van der Waals surface area (Å²) in [5.41, 5.74) is -0.673. The smallest absolute Gasteiger partial charge is 0.756 e. The van der Waals surface area contributed by atoms with Crippen molar-refractivity contribution in [2.45, 2.75) is 129 Å². The van der Waals surface area contributed by atoms with Crippen molar-refractivity contribution in [3.8, 4) is 0 Å². The molecule has 0 fully saturated rings. The van der Waals surface area contributed by atoms with Gasteiger partial charge in [-0.05, 0) is 27.2 Å². The van der Waals surface area contributed by atoms with E-state index in [1.807, 2.05) is 0 Å². The summed E-state index contributed by atoms with van der Waals surface area (Å²) in [6.45, 7) is 5.90. The van der Waals surface area contributed by atoms with Crippen LogP contribution in [0, 0.1) is 0 Å². The third kappa shape index (κ3) is 28.8. The van der Waals surface area contributed by atoms with Crippen molar-refractivity contribution in [3.05, 3.63) is 0 Å². The zero-order valence-electron chi connectivity index (χ0n) is 24.5. The zero-order chi connectivity index (χ0) is 28.0. The topological polar surface area (TPSA) is 143 Å². The molecule has 12 heteroatoms. The summed E-state index contributed by atoms with van der Waals surface area (Å²) >= 11 is 0.